The van der Waals surface area contributed by atoms with Crippen LogP contribution in [0, 0.1) is 5.82 Å². The molecule has 0 bridgehead atoms. The van der Waals surface area contributed by atoms with Gasteiger partial charge in [-0.15, -0.1) is 0 Å². The van der Waals surface area contributed by atoms with Crippen molar-refractivity contribution in [2.24, 2.45) is 0 Å². The van der Waals surface area contributed by atoms with Gasteiger partial charge in [0.25, 0.3) is 0 Å². The fourth-order valence-electron chi connectivity index (χ4n) is 2.61. The fourth-order valence-corrected chi connectivity index (χ4v) is 3.19. The van der Waals surface area contributed by atoms with Gasteiger partial charge in [0.05, 0.1) is 17.3 Å². The highest BCUT2D eigenvalue weighted by atomic mass is 79.9. The number of carbonyl (C=O) groups excluding carboxylic acids is 1. The third-order valence-electron chi connectivity index (χ3n) is 4.04. The molecule has 4 nitrogen and oxygen atoms in total. The SMILES string of the molecule is COc1cc(C=CC(=O)Nc2ccccc2F)cc(Br)c1OCc1ccccc1. The van der Waals surface area contributed by atoms with Gasteiger partial charge in [-0.05, 0) is 57.4 Å². The molecular weight excluding hydrogens is 437 g/mol. The first-order chi connectivity index (χ1) is 14.1. The topological polar surface area (TPSA) is 47.6 Å². The summed E-state index contributed by atoms with van der Waals surface area (Å²) in [5.74, 6) is 0.182. The molecule has 0 spiro atoms. The van der Waals surface area contributed by atoms with Crippen molar-refractivity contribution in [1.29, 1.82) is 0 Å². The molecule has 0 saturated carbocycles. The highest BCUT2D eigenvalue weighted by Gasteiger charge is 2.11. The smallest absolute Gasteiger partial charge is 0.248 e. The van der Waals surface area contributed by atoms with Gasteiger partial charge in [-0.2, -0.15) is 0 Å². The molecule has 29 heavy (non-hydrogen) atoms. The molecule has 6 heteroatoms. The second-order valence-electron chi connectivity index (χ2n) is 6.11. The van der Waals surface area contributed by atoms with Crippen LogP contribution in [0.2, 0.25) is 0 Å². The second-order valence-corrected chi connectivity index (χ2v) is 6.97. The van der Waals surface area contributed by atoms with Gasteiger partial charge in [-0.25, -0.2) is 4.39 Å². The molecule has 3 aromatic carbocycles. The van der Waals surface area contributed by atoms with Crippen LogP contribution in [0.3, 0.4) is 0 Å². The number of nitrogens with one attached hydrogen (secondary N) is 1. The van der Waals surface area contributed by atoms with Gasteiger partial charge >= 0.3 is 0 Å². The molecule has 0 radical (unpaired) electrons. The van der Waals surface area contributed by atoms with Crippen molar-refractivity contribution < 1.29 is 18.7 Å². The van der Waals surface area contributed by atoms with Crippen LogP contribution in [0.25, 0.3) is 6.08 Å². The van der Waals surface area contributed by atoms with E-state index in [2.05, 4.69) is 21.2 Å². The lowest BCUT2D eigenvalue weighted by Gasteiger charge is -2.13. The zero-order valence-electron chi connectivity index (χ0n) is 15.7. The molecule has 1 amide bonds. The van der Waals surface area contributed by atoms with Crippen molar-refractivity contribution in [1.82, 2.24) is 0 Å². The number of anilines is 1. The minimum absolute atomic E-state index is 0.130. The Morgan fingerprint density at radius 1 is 1.10 bits per heavy atom. The van der Waals surface area contributed by atoms with Gasteiger partial charge in [0, 0.05) is 6.08 Å². The van der Waals surface area contributed by atoms with Gasteiger partial charge in [0.15, 0.2) is 11.5 Å². The Bertz CT molecular complexity index is 1020. The first kappa shape index (κ1) is 20.6. The Morgan fingerprint density at radius 2 is 1.83 bits per heavy atom. The molecule has 0 aliphatic heterocycles. The van der Waals surface area contributed by atoms with Crippen molar-refractivity contribution >= 4 is 33.6 Å². The summed E-state index contributed by atoms with van der Waals surface area (Å²) in [6, 6.07) is 19.4. The van der Waals surface area contributed by atoms with E-state index < -0.39 is 11.7 Å². The highest BCUT2D eigenvalue weighted by Crippen LogP contribution is 2.37. The number of ether oxygens (including phenoxy) is 2. The molecule has 0 aromatic heterocycles. The number of hydrogen-bond acceptors (Lipinski definition) is 3. The van der Waals surface area contributed by atoms with E-state index in [0.29, 0.717) is 22.6 Å². The lowest BCUT2D eigenvalue weighted by molar-refractivity contribution is -0.111. The predicted molar refractivity (Wildman–Crippen MR) is 116 cm³/mol. The average molecular weight is 456 g/mol. The number of carbonyl (C=O) groups is 1. The van der Waals surface area contributed by atoms with Gasteiger partial charge < -0.3 is 14.8 Å². The normalized spacial score (nSPS) is 10.7. The van der Waals surface area contributed by atoms with Gasteiger partial charge in [0.2, 0.25) is 5.91 Å². The molecule has 0 aliphatic rings. The zero-order valence-corrected chi connectivity index (χ0v) is 17.3. The largest absolute Gasteiger partial charge is 0.493 e. The number of rotatable bonds is 7. The van der Waals surface area contributed by atoms with E-state index in [9.17, 15) is 9.18 Å². The molecule has 3 aromatic rings. The lowest BCUT2D eigenvalue weighted by atomic mass is 10.2. The maximum atomic E-state index is 13.6. The Morgan fingerprint density at radius 3 is 2.55 bits per heavy atom. The summed E-state index contributed by atoms with van der Waals surface area (Å²) in [6.07, 6.45) is 2.95. The van der Waals surface area contributed by atoms with Crippen LogP contribution in [0.15, 0.2) is 77.3 Å². The number of amides is 1. The monoisotopic (exact) mass is 455 g/mol. The number of methoxy groups -OCH3 is 1. The standard InChI is InChI=1S/C23H19BrFNO3/c1-28-21-14-17(11-12-22(27)26-20-10-6-5-9-19(20)25)13-18(24)23(21)29-15-16-7-3-2-4-8-16/h2-14H,15H2,1H3,(H,26,27). The Kier molecular flexibility index (Phi) is 7.03. The first-order valence-corrected chi connectivity index (χ1v) is 9.64. The van der Waals surface area contributed by atoms with Crippen LogP contribution >= 0.6 is 15.9 Å². The molecule has 148 valence electrons. The second kappa shape index (κ2) is 9.89. The van der Waals surface area contributed by atoms with E-state index in [0.717, 1.165) is 11.1 Å². The van der Waals surface area contributed by atoms with Crippen molar-refractivity contribution in [3.8, 4) is 11.5 Å². The Labute approximate surface area is 177 Å². The Balaban J connectivity index is 1.71. The van der Waals surface area contributed by atoms with Gasteiger partial charge in [0.1, 0.15) is 12.4 Å². The Hall–Kier alpha value is -3.12. The number of hydrogen-bond donors (Lipinski definition) is 1. The van der Waals surface area contributed by atoms with Crippen LogP contribution in [-0.2, 0) is 11.4 Å². The van der Waals surface area contributed by atoms with Crippen LogP contribution in [-0.4, -0.2) is 13.0 Å². The molecule has 3 rings (SSSR count). The van der Waals surface area contributed by atoms with E-state index in [1.165, 1.54) is 18.2 Å². The summed E-state index contributed by atoms with van der Waals surface area (Å²) in [6.45, 7) is 0.399. The van der Waals surface area contributed by atoms with E-state index in [1.807, 2.05) is 36.4 Å². The summed E-state index contributed by atoms with van der Waals surface area (Å²) >= 11 is 3.49. The summed E-state index contributed by atoms with van der Waals surface area (Å²) in [5, 5.41) is 2.51. The first-order valence-electron chi connectivity index (χ1n) is 8.84. The fraction of sp³-hybridized carbons (Fsp3) is 0.0870. The molecule has 0 unspecified atom stereocenters. The molecule has 0 fully saturated rings. The van der Waals surface area contributed by atoms with Crippen LogP contribution in [0.5, 0.6) is 11.5 Å². The summed E-state index contributed by atoms with van der Waals surface area (Å²) in [4.78, 5) is 12.1. The average Bonchev–Trinajstić information content (AvgIpc) is 2.73. The molecule has 0 aliphatic carbocycles. The summed E-state index contributed by atoms with van der Waals surface area (Å²) < 4.78 is 25.7. The van der Waals surface area contributed by atoms with Crippen molar-refractivity contribution in [2.45, 2.75) is 6.61 Å². The van der Waals surface area contributed by atoms with E-state index in [4.69, 9.17) is 9.47 Å². The summed E-state index contributed by atoms with van der Waals surface area (Å²) in [5.41, 5.74) is 1.89. The molecule has 0 saturated heterocycles. The van der Waals surface area contributed by atoms with Crippen molar-refractivity contribution in [2.75, 3.05) is 12.4 Å². The van der Waals surface area contributed by atoms with Gasteiger partial charge in [-0.3, -0.25) is 4.79 Å². The van der Waals surface area contributed by atoms with Crippen molar-refractivity contribution in [3.63, 3.8) is 0 Å². The minimum Gasteiger partial charge on any atom is -0.493 e. The molecule has 0 atom stereocenters. The van der Waals surface area contributed by atoms with Crippen LogP contribution in [0.1, 0.15) is 11.1 Å². The molecule has 1 N–H and O–H groups in total. The number of benzene rings is 3. The third kappa shape index (κ3) is 5.68. The van der Waals surface area contributed by atoms with Crippen LogP contribution in [0.4, 0.5) is 10.1 Å². The minimum atomic E-state index is -0.487. The van der Waals surface area contributed by atoms with Gasteiger partial charge in [-0.1, -0.05) is 42.5 Å². The number of halogens is 2. The zero-order chi connectivity index (χ0) is 20.6. The molecule has 0 heterocycles. The van der Waals surface area contributed by atoms with Crippen LogP contribution < -0.4 is 14.8 Å². The maximum absolute atomic E-state index is 13.6. The predicted octanol–water partition coefficient (Wildman–Crippen LogP) is 5.83. The number of para-hydroxylation sites is 1. The lowest BCUT2D eigenvalue weighted by Crippen LogP contribution is -2.09. The van der Waals surface area contributed by atoms with E-state index in [1.54, 1.807) is 31.4 Å². The third-order valence-corrected chi connectivity index (χ3v) is 4.63. The van der Waals surface area contributed by atoms with E-state index in [-0.39, 0.29) is 5.69 Å². The summed E-state index contributed by atoms with van der Waals surface area (Å²) in [7, 11) is 1.55. The van der Waals surface area contributed by atoms with Crippen molar-refractivity contribution in [3.05, 3.63) is 94.2 Å². The van der Waals surface area contributed by atoms with E-state index >= 15 is 0 Å². The highest BCUT2D eigenvalue weighted by molar-refractivity contribution is 9.10. The molecular formula is C23H19BrFNO3. The quantitative estimate of drug-likeness (QED) is 0.456. The maximum Gasteiger partial charge on any atom is 0.248 e.